The van der Waals surface area contributed by atoms with E-state index in [1.807, 2.05) is 12.1 Å². The number of carboxylic acid groups (broad SMARTS) is 1. The molecule has 0 aliphatic carbocycles. The van der Waals surface area contributed by atoms with Crippen LogP contribution in [-0.2, 0) is 0 Å². The topological polar surface area (TPSA) is 79.5 Å². The molecule has 2 heterocycles. The van der Waals surface area contributed by atoms with Gasteiger partial charge in [0, 0.05) is 34.0 Å². The first-order chi connectivity index (χ1) is 11.6. The molecule has 0 bridgehead atoms. The Morgan fingerprint density at radius 1 is 1.12 bits per heavy atom. The first kappa shape index (κ1) is 17.1. The van der Waals surface area contributed by atoms with E-state index in [2.05, 4.69) is 21.4 Å². The average Bonchev–Trinajstić information content (AvgIpc) is 2.59. The first-order valence-electron chi connectivity index (χ1n) is 7.81. The number of nitrogen functional groups attached to an aromatic ring is 1. The maximum Gasteiger partial charge on any atom is 0.337 e. The molecule has 1 aliphatic rings. The minimum Gasteiger partial charge on any atom is -0.478 e. The molecule has 1 aromatic heterocycles. The van der Waals surface area contributed by atoms with Crippen LogP contribution < -0.4 is 5.73 Å². The molecule has 24 heavy (non-hydrogen) atoms. The van der Waals surface area contributed by atoms with E-state index in [0.717, 1.165) is 18.0 Å². The van der Waals surface area contributed by atoms with Crippen LogP contribution in [0.1, 0.15) is 29.6 Å². The number of nitrogens with two attached hydrogens (primary N) is 1. The minimum absolute atomic E-state index is 0.180. The Hall–Kier alpha value is -1.70. The molecule has 7 heteroatoms. The van der Waals surface area contributed by atoms with Crippen molar-refractivity contribution in [2.24, 2.45) is 0 Å². The SMILES string of the molecule is Nc1cc(C(=O)O)c(Sc2ccc(SN3CCCCC3)cc2)cn1. The third-order valence-electron chi connectivity index (χ3n) is 3.72. The second-order valence-electron chi connectivity index (χ2n) is 5.56. The molecule has 2 aromatic rings. The Labute approximate surface area is 149 Å². The molecule has 0 radical (unpaired) electrons. The highest BCUT2D eigenvalue weighted by atomic mass is 32.2. The molecule has 0 saturated carbocycles. The highest BCUT2D eigenvalue weighted by Crippen LogP contribution is 2.33. The highest BCUT2D eigenvalue weighted by Gasteiger charge is 2.14. The number of aromatic nitrogens is 1. The van der Waals surface area contributed by atoms with E-state index in [0.29, 0.717) is 4.90 Å². The van der Waals surface area contributed by atoms with Gasteiger partial charge in [0.1, 0.15) is 5.82 Å². The summed E-state index contributed by atoms with van der Waals surface area (Å²) in [6, 6.07) is 9.57. The Balaban J connectivity index is 1.69. The summed E-state index contributed by atoms with van der Waals surface area (Å²) in [6.45, 7) is 2.28. The molecule has 1 aliphatic heterocycles. The van der Waals surface area contributed by atoms with Crippen LogP contribution in [0.25, 0.3) is 0 Å². The third kappa shape index (κ3) is 4.43. The van der Waals surface area contributed by atoms with E-state index in [1.165, 1.54) is 48.2 Å². The maximum absolute atomic E-state index is 11.3. The van der Waals surface area contributed by atoms with Gasteiger partial charge < -0.3 is 10.8 Å². The number of rotatable bonds is 5. The van der Waals surface area contributed by atoms with E-state index >= 15 is 0 Å². The van der Waals surface area contributed by atoms with E-state index in [9.17, 15) is 9.90 Å². The Kier molecular flexibility index (Phi) is 5.65. The van der Waals surface area contributed by atoms with Gasteiger partial charge >= 0.3 is 5.97 Å². The number of nitrogens with zero attached hydrogens (tertiary/aromatic N) is 2. The molecular formula is C17H19N3O2S2. The average molecular weight is 361 g/mol. The smallest absolute Gasteiger partial charge is 0.337 e. The normalized spacial score (nSPS) is 15.3. The number of anilines is 1. The Morgan fingerprint density at radius 2 is 1.79 bits per heavy atom. The largest absolute Gasteiger partial charge is 0.478 e. The van der Waals surface area contributed by atoms with Crippen molar-refractivity contribution in [3.8, 4) is 0 Å². The summed E-state index contributed by atoms with van der Waals surface area (Å²) in [7, 11) is 0. The fraction of sp³-hybridized carbons (Fsp3) is 0.294. The summed E-state index contributed by atoms with van der Waals surface area (Å²) >= 11 is 3.17. The molecule has 126 valence electrons. The minimum atomic E-state index is -0.996. The first-order valence-corrected chi connectivity index (χ1v) is 9.40. The van der Waals surface area contributed by atoms with Crippen LogP contribution in [0.15, 0.2) is 51.2 Å². The van der Waals surface area contributed by atoms with Crippen molar-refractivity contribution in [3.63, 3.8) is 0 Å². The molecule has 3 rings (SSSR count). The molecule has 3 N–H and O–H groups in total. The van der Waals surface area contributed by atoms with Crippen molar-refractivity contribution < 1.29 is 9.90 Å². The number of hydrogen-bond acceptors (Lipinski definition) is 6. The van der Waals surface area contributed by atoms with Gasteiger partial charge in [0.2, 0.25) is 0 Å². The zero-order valence-electron chi connectivity index (χ0n) is 13.1. The van der Waals surface area contributed by atoms with Gasteiger partial charge in [0.15, 0.2) is 0 Å². The molecular weight excluding hydrogens is 342 g/mol. The van der Waals surface area contributed by atoms with Gasteiger partial charge in [0.05, 0.1) is 5.56 Å². The lowest BCUT2D eigenvalue weighted by Crippen LogP contribution is -2.22. The van der Waals surface area contributed by atoms with E-state index in [1.54, 1.807) is 11.9 Å². The summed E-state index contributed by atoms with van der Waals surface area (Å²) in [6.07, 6.45) is 5.38. The van der Waals surface area contributed by atoms with Crippen LogP contribution in [0, 0.1) is 0 Å². The Bertz CT molecular complexity index is 716. The fourth-order valence-electron chi connectivity index (χ4n) is 2.51. The summed E-state index contributed by atoms with van der Waals surface area (Å²) in [5.74, 6) is -0.783. The van der Waals surface area contributed by atoms with Crippen molar-refractivity contribution in [1.82, 2.24) is 9.29 Å². The summed E-state index contributed by atoms with van der Waals surface area (Å²) in [4.78, 5) is 18.1. The molecule has 1 saturated heterocycles. The van der Waals surface area contributed by atoms with Gasteiger partial charge in [-0.05, 0) is 55.1 Å². The molecule has 1 aromatic carbocycles. The van der Waals surface area contributed by atoms with Crippen LogP contribution in [0.5, 0.6) is 0 Å². The number of aromatic carboxylic acids is 1. The number of carbonyl (C=O) groups is 1. The fourth-order valence-corrected chi connectivity index (χ4v) is 4.39. The van der Waals surface area contributed by atoms with Gasteiger partial charge in [-0.15, -0.1) is 0 Å². The molecule has 0 amide bonds. The van der Waals surface area contributed by atoms with Crippen LogP contribution in [0.2, 0.25) is 0 Å². The molecule has 0 atom stereocenters. The summed E-state index contributed by atoms with van der Waals surface area (Å²) in [5, 5.41) is 9.29. The van der Waals surface area contributed by atoms with E-state index in [4.69, 9.17) is 5.73 Å². The number of carboxylic acids is 1. The zero-order chi connectivity index (χ0) is 16.9. The van der Waals surface area contributed by atoms with E-state index < -0.39 is 5.97 Å². The quantitative estimate of drug-likeness (QED) is 0.779. The van der Waals surface area contributed by atoms with Gasteiger partial charge in [0.25, 0.3) is 0 Å². The van der Waals surface area contributed by atoms with Gasteiger partial charge in [-0.1, -0.05) is 18.2 Å². The van der Waals surface area contributed by atoms with Crippen molar-refractivity contribution in [3.05, 3.63) is 42.1 Å². The predicted octanol–water partition coefficient (Wildman–Crippen LogP) is 4.01. The predicted molar refractivity (Wildman–Crippen MR) is 97.5 cm³/mol. The zero-order valence-corrected chi connectivity index (χ0v) is 14.8. The standard InChI is InChI=1S/C17H19N3O2S2/c18-16-10-14(17(21)22)15(11-19-16)23-12-4-6-13(7-5-12)24-20-8-2-1-3-9-20/h4-7,10-11H,1-3,8-9H2,(H2,18,19)(H,21,22). The summed E-state index contributed by atoms with van der Waals surface area (Å²) < 4.78 is 2.40. The monoisotopic (exact) mass is 361 g/mol. The third-order valence-corrected chi connectivity index (χ3v) is 5.88. The van der Waals surface area contributed by atoms with Crippen LogP contribution in [-0.4, -0.2) is 33.5 Å². The van der Waals surface area contributed by atoms with Crippen molar-refractivity contribution in [2.45, 2.75) is 33.9 Å². The number of pyridine rings is 1. The summed E-state index contributed by atoms with van der Waals surface area (Å²) in [5.41, 5.74) is 5.76. The molecule has 0 unspecified atom stereocenters. The van der Waals surface area contributed by atoms with Gasteiger partial charge in [-0.2, -0.15) is 0 Å². The van der Waals surface area contributed by atoms with Crippen LogP contribution in [0.4, 0.5) is 5.82 Å². The van der Waals surface area contributed by atoms with Crippen molar-refractivity contribution >= 4 is 35.5 Å². The highest BCUT2D eigenvalue weighted by molar-refractivity contribution is 7.99. The van der Waals surface area contributed by atoms with Gasteiger partial charge in [-0.25, -0.2) is 14.1 Å². The van der Waals surface area contributed by atoms with Crippen LogP contribution >= 0.6 is 23.7 Å². The van der Waals surface area contributed by atoms with Crippen molar-refractivity contribution in [1.29, 1.82) is 0 Å². The lowest BCUT2D eigenvalue weighted by atomic mass is 10.2. The van der Waals surface area contributed by atoms with Crippen molar-refractivity contribution in [2.75, 3.05) is 18.8 Å². The van der Waals surface area contributed by atoms with Gasteiger partial charge in [-0.3, -0.25) is 0 Å². The molecule has 5 nitrogen and oxygen atoms in total. The second-order valence-corrected chi connectivity index (χ2v) is 7.85. The molecule has 0 spiro atoms. The number of hydrogen-bond donors (Lipinski definition) is 2. The molecule has 1 fully saturated rings. The van der Waals surface area contributed by atoms with E-state index in [-0.39, 0.29) is 11.4 Å². The lowest BCUT2D eigenvalue weighted by Gasteiger charge is -2.25. The Morgan fingerprint density at radius 3 is 2.46 bits per heavy atom. The number of benzene rings is 1. The number of piperidine rings is 1. The maximum atomic E-state index is 11.3. The lowest BCUT2D eigenvalue weighted by molar-refractivity contribution is 0.0693. The van der Waals surface area contributed by atoms with Crippen LogP contribution in [0.3, 0.4) is 0 Å². The second kappa shape index (κ2) is 7.92.